The number of nitrogens with zero attached hydrogens (tertiary/aromatic N) is 3. The van der Waals surface area contributed by atoms with Crippen molar-refractivity contribution in [3.05, 3.63) is 41.0 Å². The fourth-order valence-electron chi connectivity index (χ4n) is 4.58. The van der Waals surface area contributed by atoms with Gasteiger partial charge in [0.15, 0.2) is 17.1 Å². The van der Waals surface area contributed by atoms with Gasteiger partial charge in [0.25, 0.3) is 0 Å². The van der Waals surface area contributed by atoms with Crippen molar-refractivity contribution in [1.29, 1.82) is 0 Å². The molecule has 0 saturated carbocycles. The number of fused-ring (bicyclic) bond motifs is 3. The Bertz CT molecular complexity index is 1330. The predicted octanol–water partition coefficient (Wildman–Crippen LogP) is 5.17. The average Bonchev–Trinajstić information content (AvgIpc) is 3.20. The van der Waals surface area contributed by atoms with E-state index in [0.29, 0.717) is 29.7 Å². The summed E-state index contributed by atoms with van der Waals surface area (Å²) in [6.07, 6.45) is 2.23. The first kappa shape index (κ1) is 21.8. The van der Waals surface area contributed by atoms with E-state index in [-0.39, 0.29) is 10.8 Å². The summed E-state index contributed by atoms with van der Waals surface area (Å²) in [6.45, 7) is 4.78. The molecule has 7 nitrogen and oxygen atoms in total. The number of methoxy groups -OCH3 is 1. The maximum atomic E-state index is 9.89. The molecule has 2 N–H and O–H groups in total. The number of phenolic OH excluding ortho intramolecular Hbond substituents is 1. The molecule has 4 aromatic rings. The molecule has 0 atom stereocenters. The van der Waals surface area contributed by atoms with Crippen LogP contribution >= 0.6 is 11.6 Å². The van der Waals surface area contributed by atoms with Crippen LogP contribution in [0.25, 0.3) is 33.1 Å². The van der Waals surface area contributed by atoms with E-state index in [4.69, 9.17) is 26.1 Å². The highest BCUT2D eigenvalue weighted by atomic mass is 35.5. The summed E-state index contributed by atoms with van der Waals surface area (Å²) in [6, 6.07) is 9.00. The van der Waals surface area contributed by atoms with Gasteiger partial charge in [0.2, 0.25) is 0 Å². The minimum Gasteiger partial charge on any atom is -0.506 e. The van der Waals surface area contributed by atoms with Crippen LogP contribution in [0.1, 0.15) is 18.5 Å². The number of likely N-dealkylation sites (tertiary alicyclic amines) is 1. The molecule has 1 saturated heterocycles. The van der Waals surface area contributed by atoms with Crippen molar-refractivity contribution in [2.24, 2.45) is 5.92 Å². The smallest absolute Gasteiger partial charge is 0.182 e. The summed E-state index contributed by atoms with van der Waals surface area (Å²) >= 11 is 6.21. The van der Waals surface area contributed by atoms with Gasteiger partial charge in [-0.25, -0.2) is 4.98 Å². The normalized spacial score (nSPS) is 15.4. The molecule has 0 aliphatic carbocycles. The molecule has 0 radical (unpaired) electrons. The molecule has 3 heterocycles. The molecule has 0 bridgehead atoms. The molecule has 5 rings (SSSR count). The molecule has 0 spiro atoms. The van der Waals surface area contributed by atoms with Crippen LogP contribution in [0.2, 0.25) is 5.02 Å². The fraction of sp³-hybridized carbons (Fsp3) is 0.360. The number of aromatic amines is 1. The van der Waals surface area contributed by atoms with Crippen molar-refractivity contribution in [3.63, 3.8) is 0 Å². The Hall–Kier alpha value is -3.03. The highest BCUT2D eigenvalue weighted by Crippen LogP contribution is 2.44. The Morgan fingerprint density at radius 1 is 1.18 bits per heavy atom. The summed E-state index contributed by atoms with van der Waals surface area (Å²) in [5.41, 5.74) is 3.02. The van der Waals surface area contributed by atoms with Crippen molar-refractivity contribution in [2.75, 3.05) is 33.9 Å². The highest BCUT2D eigenvalue weighted by Gasteiger charge is 2.23. The minimum atomic E-state index is 0.0326. The molecule has 172 valence electrons. The molecule has 2 aromatic heterocycles. The molecule has 1 aliphatic rings. The van der Waals surface area contributed by atoms with E-state index in [1.807, 2.05) is 19.1 Å². The molecule has 2 aromatic carbocycles. The third-order valence-corrected chi connectivity index (χ3v) is 6.82. The number of aryl methyl sites for hydroxylation is 1. The number of pyridine rings is 1. The zero-order valence-electron chi connectivity index (χ0n) is 19.0. The van der Waals surface area contributed by atoms with E-state index in [0.717, 1.165) is 59.0 Å². The van der Waals surface area contributed by atoms with E-state index < -0.39 is 0 Å². The predicted molar refractivity (Wildman–Crippen MR) is 131 cm³/mol. The molecule has 1 fully saturated rings. The molecule has 33 heavy (non-hydrogen) atoms. The monoisotopic (exact) mass is 466 g/mol. The molecule has 1 aliphatic heterocycles. The van der Waals surface area contributed by atoms with Crippen LogP contribution < -0.4 is 9.47 Å². The third kappa shape index (κ3) is 3.96. The Kier molecular flexibility index (Phi) is 5.76. The first-order valence-electron chi connectivity index (χ1n) is 11.1. The number of hydrogen-bond donors (Lipinski definition) is 2. The van der Waals surface area contributed by atoms with Crippen LogP contribution in [0.5, 0.6) is 17.2 Å². The van der Waals surface area contributed by atoms with Crippen LogP contribution in [-0.4, -0.2) is 59.0 Å². The number of benzene rings is 2. The fourth-order valence-corrected chi connectivity index (χ4v) is 4.76. The zero-order valence-corrected chi connectivity index (χ0v) is 19.7. The van der Waals surface area contributed by atoms with E-state index in [1.165, 1.54) is 0 Å². The van der Waals surface area contributed by atoms with Crippen LogP contribution in [0.3, 0.4) is 0 Å². The van der Waals surface area contributed by atoms with Crippen LogP contribution in [-0.2, 0) is 0 Å². The van der Waals surface area contributed by atoms with Gasteiger partial charge < -0.3 is 19.5 Å². The third-order valence-electron chi connectivity index (χ3n) is 6.52. The zero-order chi connectivity index (χ0) is 23.1. The van der Waals surface area contributed by atoms with Crippen molar-refractivity contribution in [3.8, 4) is 28.5 Å². The number of aromatic nitrogens is 3. The van der Waals surface area contributed by atoms with Gasteiger partial charge in [0.05, 0.1) is 29.8 Å². The van der Waals surface area contributed by atoms with Gasteiger partial charge in [0, 0.05) is 22.0 Å². The van der Waals surface area contributed by atoms with Gasteiger partial charge in [-0.2, -0.15) is 5.10 Å². The van der Waals surface area contributed by atoms with E-state index in [2.05, 4.69) is 22.1 Å². The molecular formula is C25H27ClN4O3. The molecule has 0 unspecified atom stereocenters. The maximum absolute atomic E-state index is 9.89. The number of aromatic hydroxyl groups is 1. The quantitative estimate of drug-likeness (QED) is 0.422. The molecule has 8 heteroatoms. The number of hydrogen-bond acceptors (Lipinski definition) is 6. The summed E-state index contributed by atoms with van der Waals surface area (Å²) in [5.74, 6) is 1.92. The number of ether oxygens (including phenoxy) is 2. The standard InChI is InChI=1S/C25H27ClN4O3/c1-14-21-22-17(23(27-25(21)29-28-14)16-4-6-19(31)18(26)12-16)5-7-20(32-3)24(22)33-13-15-8-10-30(2)11-9-15/h4-7,12,15,31H,8-11,13H2,1-3H3,(H,27,28,29). The van der Waals surface area contributed by atoms with Crippen molar-refractivity contribution in [2.45, 2.75) is 19.8 Å². The molecular weight excluding hydrogens is 440 g/mol. The number of phenols is 1. The van der Waals surface area contributed by atoms with Crippen LogP contribution in [0.15, 0.2) is 30.3 Å². The Morgan fingerprint density at radius 3 is 2.70 bits per heavy atom. The Balaban J connectivity index is 1.69. The number of H-pyrrole nitrogens is 1. The minimum absolute atomic E-state index is 0.0326. The van der Waals surface area contributed by atoms with Gasteiger partial charge in [-0.05, 0) is 76.2 Å². The van der Waals surface area contributed by atoms with Crippen molar-refractivity contribution < 1.29 is 14.6 Å². The summed E-state index contributed by atoms with van der Waals surface area (Å²) in [4.78, 5) is 7.19. The second-order valence-electron chi connectivity index (χ2n) is 8.75. The van der Waals surface area contributed by atoms with Gasteiger partial charge in [-0.3, -0.25) is 5.10 Å². The Morgan fingerprint density at radius 2 is 1.97 bits per heavy atom. The van der Waals surface area contributed by atoms with Crippen molar-refractivity contribution >= 4 is 33.4 Å². The average molecular weight is 467 g/mol. The topological polar surface area (TPSA) is 83.5 Å². The van der Waals surface area contributed by atoms with Gasteiger partial charge in [-0.15, -0.1) is 0 Å². The molecule has 0 amide bonds. The lowest BCUT2D eigenvalue weighted by atomic mass is 9.97. The lowest BCUT2D eigenvalue weighted by Gasteiger charge is -2.29. The number of halogens is 1. The highest BCUT2D eigenvalue weighted by molar-refractivity contribution is 6.32. The number of piperidine rings is 1. The van der Waals surface area contributed by atoms with Crippen LogP contribution in [0.4, 0.5) is 0 Å². The van der Waals surface area contributed by atoms with E-state index >= 15 is 0 Å². The summed E-state index contributed by atoms with van der Waals surface area (Å²) < 4.78 is 12.2. The van der Waals surface area contributed by atoms with Gasteiger partial charge >= 0.3 is 0 Å². The maximum Gasteiger partial charge on any atom is 0.182 e. The van der Waals surface area contributed by atoms with Crippen molar-refractivity contribution in [1.82, 2.24) is 20.1 Å². The number of nitrogens with one attached hydrogen (secondary N) is 1. The van der Waals surface area contributed by atoms with E-state index in [1.54, 1.807) is 25.3 Å². The van der Waals surface area contributed by atoms with Gasteiger partial charge in [-0.1, -0.05) is 11.6 Å². The summed E-state index contributed by atoms with van der Waals surface area (Å²) in [5, 5.41) is 20.4. The largest absolute Gasteiger partial charge is 0.506 e. The first-order chi connectivity index (χ1) is 16.0. The van der Waals surface area contributed by atoms with Crippen LogP contribution in [0, 0.1) is 12.8 Å². The van der Waals surface area contributed by atoms with Gasteiger partial charge in [0.1, 0.15) is 5.75 Å². The lowest BCUT2D eigenvalue weighted by molar-refractivity contribution is 0.158. The SMILES string of the molecule is COc1ccc2c(-c3ccc(O)c(Cl)c3)nc3n[nH]c(C)c3c2c1OCC1CCN(C)CC1. The van der Waals surface area contributed by atoms with E-state index in [9.17, 15) is 5.11 Å². The second-order valence-corrected chi connectivity index (χ2v) is 9.16. The number of rotatable bonds is 5. The lowest BCUT2D eigenvalue weighted by Crippen LogP contribution is -2.32. The second kappa shape index (κ2) is 8.72. The summed E-state index contributed by atoms with van der Waals surface area (Å²) in [7, 11) is 3.82. The first-order valence-corrected chi connectivity index (χ1v) is 11.5. The Labute approximate surface area is 197 Å².